The number of urea groups is 1. The molecule has 0 bridgehead atoms. The number of Topliss-reactive ketones (excluding diaryl/α,β-unsaturated/α-hetero) is 1. The van der Waals surface area contributed by atoms with Gasteiger partial charge in [0.15, 0.2) is 17.4 Å². The molecular formula is C33H43F2N5O5Si. The van der Waals surface area contributed by atoms with Crippen molar-refractivity contribution in [2.45, 2.75) is 70.3 Å². The standard InChI is InChI=1S/C33H43F2N5O5Si/c1-5-45-32(43)29-30(28(42)14-20-46(2,3)4)37-33(44)40(31(29)24-10-11-25(34)26(35)21-24)39(22-41)17-8-16-38-18-12-23(13-19-38)27-9-6-7-15-36-27/h6-7,9-11,15,21-23,30H,5,8,12-14,16-20H2,1-4H3,(H,37,44). The number of aromatic nitrogens is 1. The molecule has 248 valence electrons. The SMILES string of the molecule is CCOC(=O)C1=C(c2ccc(F)c(F)c2)N(N(C=O)CCCN2CCC(c3ccccn3)CC2)C(=O)NC1C(=O)CC[Si](C)(C)C. The Morgan fingerprint density at radius 3 is 2.48 bits per heavy atom. The Balaban J connectivity index is 1.61. The lowest BCUT2D eigenvalue weighted by Crippen LogP contribution is -2.59. The number of pyridine rings is 1. The molecule has 0 radical (unpaired) electrons. The zero-order valence-corrected chi connectivity index (χ0v) is 27.9. The molecule has 2 aromatic rings. The third kappa shape index (κ3) is 8.63. The summed E-state index contributed by atoms with van der Waals surface area (Å²) < 4.78 is 33.9. The number of esters is 1. The van der Waals surface area contributed by atoms with Crippen LogP contribution in [0.4, 0.5) is 13.6 Å². The van der Waals surface area contributed by atoms with Crippen molar-refractivity contribution in [2.24, 2.45) is 0 Å². The van der Waals surface area contributed by atoms with Crippen molar-refractivity contribution in [3.8, 4) is 0 Å². The van der Waals surface area contributed by atoms with Crippen LogP contribution in [-0.2, 0) is 19.1 Å². The highest BCUT2D eigenvalue weighted by Gasteiger charge is 2.43. The Morgan fingerprint density at radius 1 is 1.13 bits per heavy atom. The van der Waals surface area contributed by atoms with Crippen molar-refractivity contribution in [1.82, 2.24) is 25.2 Å². The molecule has 1 aromatic carbocycles. The van der Waals surface area contributed by atoms with Crippen molar-refractivity contribution in [2.75, 3.05) is 32.8 Å². The Hall–Kier alpha value is -3.97. The average Bonchev–Trinajstić information content (AvgIpc) is 3.03. The number of nitrogens with zero attached hydrogens (tertiary/aromatic N) is 4. The molecule has 0 spiro atoms. The van der Waals surface area contributed by atoms with Crippen LogP contribution < -0.4 is 5.32 Å². The maximum Gasteiger partial charge on any atom is 0.341 e. The number of amides is 3. The highest BCUT2D eigenvalue weighted by Crippen LogP contribution is 2.33. The van der Waals surface area contributed by atoms with E-state index in [2.05, 4.69) is 34.8 Å². The summed E-state index contributed by atoms with van der Waals surface area (Å²) in [6, 6.07) is 7.21. The number of carbonyl (C=O) groups excluding carboxylic acids is 4. The number of halogens is 2. The molecular weight excluding hydrogens is 612 g/mol. The first kappa shape index (κ1) is 34.9. The number of hydrogen-bond acceptors (Lipinski definition) is 7. The molecule has 13 heteroatoms. The summed E-state index contributed by atoms with van der Waals surface area (Å²) in [5.74, 6) is -3.28. The van der Waals surface area contributed by atoms with E-state index in [0.717, 1.165) is 53.8 Å². The normalized spacial score (nSPS) is 17.9. The van der Waals surface area contributed by atoms with Gasteiger partial charge in [-0.1, -0.05) is 31.8 Å². The molecule has 2 aliphatic heterocycles. The number of ether oxygens (including phenoxy) is 1. The van der Waals surface area contributed by atoms with E-state index >= 15 is 0 Å². The van der Waals surface area contributed by atoms with Gasteiger partial charge in [0.1, 0.15) is 6.04 Å². The largest absolute Gasteiger partial charge is 0.463 e. The van der Waals surface area contributed by atoms with E-state index < -0.39 is 43.5 Å². The first-order valence-electron chi connectivity index (χ1n) is 15.8. The molecule has 10 nitrogen and oxygen atoms in total. The summed E-state index contributed by atoms with van der Waals surface area (Å²) in [5.41, 5.74) is 0.590. The van der Waals surface area contributed by atoms with E-state index in [4.69, 9.17) is 4.74 Å². The number of hydrogen-bond donors (Lipinski definition) is 1. The fourth-order valence-electron chi connectivity index (χ4n) is 5.81. The lowest BCUT2D eigenvalue weighted by Gasteiger charge is -2.40. The molecule has 46 heavy (non-hydrogen) atoms. The molecule has 4 rings (SSSR count). The predicted octanol–water partition coefficient (Wildman–Crippen LogP) is 4.97. The Bertz CT molecular complexity index is 1440. The van der Waals surface area contributed by atoms with Gasteiger partial charge >= 0.3 is 12.0 Å². The summed E-state index contributed by atoms with van der Waals surface area (Å²) in [6.45, 7) is 10.3. The third-order valence-corrected chi connectivity index (χ3v) is 10.0. The minimum atomic E-state index is -1.68. The van der Waals surface area contributed by atoms with Crippen LogP contribution in [0.15, 0.2) is 48.2 Å². The Kier molecular flexibility index (Phi) is 11.8. The van der Waals surface area contributed by atoms with E-state index in [1.54, 1.807) is 13.1 Å². The number of nitrogens with one attached hydrogen (secondary N) is 1. The molecule has 2 aliphatic rings. The Labute approximate surface area is 269 Å². The molecule has 0 saturated carbocycles. The fourth-order valence-corrected chi connectivity index (χ4v) is 6.81. The van der Waals surface area contributed by atoms with E-state index in [0.29, 0.717) is 31.3 Å². The Morgan fingerprint density at radius 2 is 1.87 bits per heavy atom. The first-order chi connectivity index (χ1) is 21.9. The molecule has 1 N–H and O–H groups in total. The van der Waals surface area contributed by atoms with Gasteiger partial charge in [-0.2, -0.15) is 5.01 Å². The number of carbonyl (C=O) groups is 4. The van der Waals surface area contributed by atoms with E-state index in [9.17, 15) is 28.0 Å². The highest BCUT2D eigenvalue weighted by atomic mass is 28.3. The smallest absolute Gasteiger partial charge is 0.341 e. The van der Waals surface area contributed by atoms with Crippen molar-refractivity contribution < 1.29 is 32.7 Å². The minimum absolute atomic E-state index is 0.0361. The van der Waals surface area contributed by atoms with Crippen LogP contribution in [-0.4, -0.2) is 91.0 Å². The van der Waals surface area contributed by atoms with Crippen LogP contribution in [0.1, 0.15) is 49.8 Å². The highest BCUT2D eigenvalue weighted by molar-refractivity contribution is 6.76. The number of benzene rings is 1. The molecule has 1 atom stereocenters. The van der Waals surface area contributed by atoms with Gasteiger partial charge in [-0.3, -0.25) is 14.6 Å². The van der Waals surface area contributed by atoms with Gasteiger partial charge in [0.05, 0.1) is 17.9 Å². The molecule has 3 heterocycles. The number of rotatable bonds is 14. The first-order valence-corrected chi connectivity index (χ1v) is 19.5. The molecule has 3 amide bonds. The zero-order chi connectivity index (χ0) is 33.4. The summed E-state index contributed by atoms with van der Waals surface area (Å²) in [6.07, 6.45) is 4.72. The topological polar surface area (TPSA) is 112 Å². The summed E-state index contributed by atoms with van der Waals surface area (Å²) in [4.78, 5) is 60.0. The van der Waals surface area contributed by atoms with Gasteiger partial charge in [0.25, 0.3) is 0 Å². The minimum Gasteiger partial charge on any atom is -0.463 e. The van der Waals surface area contributed by atoms with Crippen LogP contribution in [0.25, 0.3) is 5.70 Å². The van der Waals surface area contributed by atoms with Crippen LogP contribution >= 0.6 is 0 Å². The molecule has 1 unspecified atom stereocenters. The monoisotopic (exact) mass is 655 g/mol. The number of ketones is 1. The van der Waals surface area contributed by atoms with Crippen molar-refractivity contribution in [1.29, 1.82) is 0 Å². The van der Waals surface area contributed by atoms with Crippen LogP contribution in [0.2, 0.25) is 25.7 Å². The van der Waals surface area contributed by atoms with E-state index in [-0.39, 0.29) is 36.4 Å². The average molecular weight is 656 g/mol. The second-order valence-corrected chi connectivity index (χ2v) is 18.4. The molecule has 0 aliphatic carbocycles. The van der Waals surface area contributed by atoms with Crippen molar-refractivity contribution in [3.05, 3.63) is 71.1 Å². The van der Waals surface area contributed by atoms with Crippen molar-refractivity contribution >= 4 is 38.0 Å². The van der Waals surface area contributed by atoms with Gasteiger partial charge in [-0.15, -0.1) is 0 Å². The summed E-state index contributed by atoms with van der Waals surface area (Å²) in [5, 5.41) is 4.63. The van der Waals surface area contributed by atoms with Crippen LogP contribution in [0.3, 0.4) is 0 Å². The van der Waals surface area contributed by atoms with Gasteiger partial charge in [-0.05, 0) is 76.2 Å². The van der Waals surface area contributed by atoms with Crippen LogP contribution in [0.5, 0.6) is 0 Å². The van der Waals surface area contributed by atoms with Gasteiger partial charge in [-0.25, -0.2) is 23.4 Å². The molecule has 1 saturated heterocycles. The van der Waals surface area contributed by atoms with Gasteiger partial charge in [0, 0.05) is 44.4 Å². The lowest BCUT2D eigenvalue weighted by molar-refractivity contribution is -0.140. The number of hydrazine groups is 1. The van der Waals surface area contributed by atoms with Crippen LogP contribution in [0, 0.1) is 11.6 Å². The third-order valence-electron chi connectivity index (χ3n) is 8.28. The predicted molar refractivity (Wildman–Crippen MR) is 172 cm³/mol. The number of piperidine rings is 1. The quantitative estimate of drug-likeness (QED) is 0.174. The maximum atomic E-state index is 14.6. The van der Waals surface area contributed by atoms with E-state index in [1.807, 2.05) is 18.2 Å². The number of likely N-dealkylation sites (tertiary alicyclic amines) is 1. The molecule has 1 fully saturated rings. The summed E-state index contributed by atoms with van der Waals surface area (Å²) in [7, 11) is -1.68. The van der Waals surface area contributed by atoms with E-state index in [1.165, 1.54) is 6.07 Å². The second kappa shape index (κ2) is 15.5. The molecule has 1 aromatic heterocycles. The van der Waals surface area contributed by atoms with Gasteiger partial charge < -0.3 is 15.0 Å². The lowest BCUT2D eigenvalue weighted by atomic mass is 9.93. The maximum absolute atomic E-state index is 14.6. The summed E-state index contributed by atoms with van der Waals surface area (Å²) >= 11 is 0. The van der Waals surface area contributed by atoms with Crippen molar-refractivity contribution in [3.63, 3.8) is 0 Å². The van der Waals surface area contributed by atoms with Gasteiger partial charge in [0.2, 0.25) is 6.41 Å². The second-order valence-electron chi connectivity index (χ2n) is 12.8. The fraction of sp³-hybridized carbons (Fsp3) is 0.485. The zero-order valence-electron chi connectivity index (χ0n) is 26.9.